The maximum Gasteiger partial charge on any atom is 0.263 e. The van der Waals surface area contributed by atoms with E-state index < -0.39 is 0 Å². The largest absolute Gasteiger partial charge is 0.482 e. The predicted octanol–water partition coefficient (Wildman–Crippen LogP) is 3.35. The molecule has 20 heavy (non-hydrogen) atoms. The summed E-state index contributed by atoms with van der Waals surface area (Å²) in [4.78, 5) is 11.8. The van der Waals surface area contributed by atoms with E-state index in [4.69, 9.17) is 27.9 Å². The molecule has 0 fully saturated rings. The molecular weight excluding hydrogens is 301 g/mol. The van der Waals surface area contributed by atoms with Crippen LogP contribution in [0, 0.1) is 13.8 Å². The van der Waals surface area contributed by atoms with Crippen molar-refractivity contribution in [2.24, 2.45) is 0 Å². The van der Waals surface area contributed by atoms with Crippen LogP contribution < -0.4 is 10.1 Å². The van der Waals surface area contributed by atoms with Crippen LogP contribution in [0.3, 0.4) is 0 Å². The molecule has 2 N–H and O–H groups in total. The van der Waals surface area contributed by atoms with Gasteiger partial charge in [-0.1, -0.05) is 23.2 Å². The van der Waals surface area contributed by atoms with E-state index in [1.807, 2.05) is 13.8 Å². The van der Waals surface area contributed by atoms with Crippen molar-refractivity contribution in [2.45, 2.75) is 13.8 Å². The lowest BCUT2D eigenvalue weighted by molar-refractivity contribution is -0.118. The summed E-state index contributed by atoms with van der Waals surface area (Å²) in [5, 5.41) is 10.3. The first-order chi connectivity index (χ1) is 9.47. The average molecular weight is 314 g/mol. The number of aromatic nitrogens is 2. The van der Waals surface area contributed by atoms with E-state index in [1.165, 1.54) is 0 Å². The van der Waals surface area contributed by atoms with Crippen LogP contribution in [0.5, 0.6) is 5.75 Å². The third-order valence-corrected chi connectivity index (χ3v) is 3.31. The number of nitrogens with zero attached hydrogens (tertiary/aromatic N) is 1. The van der Waals surface area contributed by atoms with Crippen molar-refractivity contribution in [1.29, 1.82) is 0 Å². The molecule has 0 radical (unpaired) electrons. The molecule has 5 nitrogen and oxygen atoms in total. The molecule has 0 unspecified atom stereocenters. The van der Waals surface area contributed by atoms with E-state index in [1.54, 1.807) is 18.2 Å². The highest BCUT2D eigenvalue weighted by Crippen LogP contribution is 2.27. The third-order valence-electron chi connectivity index (χ3n) is 2.76. The Hall–Kier alpha value is -1.72. The van der Waals surface area contributed by atoms with Gasteiger partial charge in [0.15, 0.2) is 12.4 Å². The topological polar surface area (TPSA) is 67.0 Å². The lowest BCUT2D eigenvalue weighted by Gasteiger charge is -2.08. The van der Waals surface area contributed by atoms with Gasteiger partial charge in [0.25, 0.3) is 5.91 Å². The van der Waals surface area contributed by atoms with Crippen molar-refractivity contribution in [2.75, 3.05) is 11.9 Å². The lowest BCUT2D eigenvalue weighted by atomic mass is 10.3. The Morgan fingerprint density at radius 3 is 2.80 bits per heavy atom. The Morgan fingerprint density at radius 2 is 2.15 bits per heavy atom. The summed E-state index contributed by atoms with van der Waals surface area (Å²) < 4.78 is 5.33. The second-order valence-corrected chi connectivity index (χ2v) is 5.08. The van der Waals surface area contributed by atoms with E-state index in [2.05, 4.69) is 15.5 Å². The molecule has 0 aliphatic carbocycles. The number of carbonyl (C=O) groups excluding carboxylic acids is 1. The predicted molar refractivity (Wildman–Crippen MR) is 78.6 cm³/mol. The summed E-state index contributed by atoms with van der Waals surface area (Å²) in [6.07, 6.45) is 0. The molecule has 1 aromatic heterocycles. The Bertz CT molecular complexity index is 641. The van der Waals surface area contributed by atoms with Crippen molar-refractivity contribution < 1.29 is 9.53 Å². The minimum absolute atomic E-state index is 0.175. The van der Waals surface area contributed by atoms with Gasteiger partial charge in [0.2, 0.25) is 0 Å². The van der Waals surface area contributed by atoms with Gasteiger partial charge < -0.3 is 10.1 Å². The van der Waals surface area contributed by atoms with Crippen LogP contribution in [-0.2, 0) is 4.79 Å². The van der Waals surface area contributed by atoms with Crippen molar-refractivity contribution in [3.63, 3.8) is 0 Å². The lowest BCUT2D eigenvalue weighted by Crippen LogP contribution is -2.20. The average Bonchev–Trinajstić information content (AvgIpc) is 2.72. The van der Waals surface area contributed by atoms with Crippen LogP contribution in [-0.4, -0.2) is 22.7 Å². The molecule has 0 aliphatic heterocycles. The van der Waals surface area contributed by atoms with Crippen LogP contribution >= 0.6 is 23.2 Å². The second-order valence-electron chi connectivity index (χ2n) is 4.23. The van der Waals surface area contributed by atoms with E-state index in [0.717, 1.165) is 11.3 Å². The molecule has 1 heterocycles. The molecule has 0 atom stereocenters. The highest BCUT2D eigenvalue weighted by Gasteiger charge is 2.11. The Kier molecular flexibility index (Phi) is 4.52. The molecule has 2 rings (SSSR count). The zero-order valence-corrected chi connectivity index (χ0v) is 12.5. The third kappa shape index (κ3) is 3.43. The van der Waals surface area contributed by atoms with Gasteiger partial charge in [-0.3, -0.25) is 9.89 Å². The SMILES string of the molecule is Cc1[nH]nc(NC(=O)COc2cc(Cl)ccc2Cl)c1C. The van der Waals surface area contributed by atoms with Crippen LogP contribution in [0.15, 0.2) is 18.2 Å². The zero-order valence-electron chi connectivity index (χ0n) is 11.0. The minimum atomic E-state index is -0.323. The fourth-order valence-electron chi connectivity index (χ4n) is 1.51. The van der Waals surface area contributed by atoms with Crippen molar-refractivity contribution in [1.82, 2.24) is 10.2 Å². The number of aromatic amines is 1. The van der Waals surface area contributed by atoms with Gasteiger partial charge in [-0.15, -0.1) is 0 Å². The van der Waals surface area contributed by atoms with E-state index in [0.29, 0.717) is 21.6 Å². The first kappa shape index (κ1) is 14.7. The minimum Gasteiger partial charge on any atom is -0.482 e. The smallest absolute Gasteiger partial charge is 0.263 e. The van der Waals surface area contributed by atoms with Crippen LogP contribution in [0.4, 0.5) is 5.82 Å². The Balaban J connectivity index is 1.95. The number of H-pyrrole nitrogens is 1. The Labute approximate surface area is 126 Å². The van der Waals surface area contributed by atoms with Crippen molar-refractivity contribution in [3.8, 4) is 5.75 Å². The molecule has 0 saturated heterocycles. The summed E-state index contributed by atoms with van der Waals surface area (Å²) in [6, 6.07) is 4.81. The molecule has 0 bridgehead atoms. The first-order valence-electron chi connectivity index (χ1n) is 5.86. The maximum absolute atomic E-state index is 11.8. The number of anilines is 1. The van der Waals surface area contributed by atoms with Crippen LogP contribution in [0.1, 0.15) is 11.3 Å². The molecule has 2 aromatic rings. The van der Waals surface area contributed by atoms with Gasteiger partial charge in [-0.25, -0.2) is 0 Å². The second kappa shape index (κ2) is 6.15. The number of hydrogen-bond acceptors (Lipinski definition) is 3. The van der Waals surface area contributed by atoms with Gasteiger partial charge in [-0.05, 0) is 26.0 Å². The van der Waals surface area contributed by atoms with E-state index in [-0.39, 0.29) is 12.5 Å². The highest BCUT2D eigenvalue weighted by molar-refractivity contribution is 6.34. The zero-order chi connectivity index (χ0) is 14.7. The number of benzene rings is 1. The van der Waals surface area contributed by atoms with Crippen LogP contribution in [0.25, 0.3) is 0 Å². The number of carbonyl (C=O) groups is 1. The Morgan fingerprint density at radius 1 is 1.40 bits per heavy atom. The van der Waals surface area contributed by atoms with Gasteiger partial charge in [0.1, 0.15) is 5.75 Å². The summed E-state index contributed by atoms with van der Waals surface area (Å²) in [7, 11) is 0. The fourth-order valence-corrected chi connectivity index (χ4v) is 1.84. The number of amides is 1. The molecule has 1 amide bonds. The molecular formula is C13H13Cl2N3O2. The number of halogens is 2. The summed E-state index contributed by atoms with van der Waals surface area (Å²) in [5.74, 6) is 0.535. The molecule has 106 valence electrons. The quantitative estimate of drug-likeness (QED) is 0.909. The molecule has 0 saturated carbocycles. The van der Waals surface area contributed by atoms with Crippen LogP contribution in [0.2, 0.25) is 10.0 Å². The molecule has 0 spiro atoms. The number of hydrogen-bond donors (Lipinski definition) is 2. The van der Waals surface area contributed by atoms with Crippen molar-refractivity contribution >= 4 is 34.9 Å². The van der Waals surface area contributed by atoms with Gasteiger partial charge >= 0.3 is 0 Å². The molecule has 0 aliphatic rings. The van der Waals surface area contributed by atoms with Gasteiger partial charge in [0, 0.05) is 22.3 Å². The van der Waals surface area contributed by atoms with E-state index in [9.17, 15) is 4.79 Å². The molecule has 7 heteroatoms. The summed E-state index contributed by atoms with van der Waals surface area (Å²) in [6.45, 7) is 3.56. The number of rotatable bonds is 4. The number of ether oxygens (including phenoxy) is 1. The number of nitrogens with one attached hydrogen (secondary N) is 2. The van der Waals surface area contributed by atoms with Gasteiger partial charge in [-0.2, -0.15) is 5.10 Å². The van der Waals surface area contributed by atoms with Crippen molar-refractivity contribution in [3.05, 3.63) is 39.5 Å². The summed E-state index contributed by atoms with van der Waals surface area (Å²) in [5.41, 5.74) is 1.79. The van der Waals surface area contributed by atoms with Gasteiger partial charge in [0.05, 0.1) is 5.02 Å². The highest BCUT2D eigenvalue weighted by atomic mass is 35.5. The maximum atomic E-state index is 11.8. The van der Waals surface area contributed by atoms with E-state index >= 15 is 0 Å². The first-order valence-corrected chi connectivity index (χ1v) is 6.62. The fraction of sp³-hybridized carbons (Fsp3) is 0.231. The number of aryl methyl sites for hydroxylation is 1. The normalized spacial score (nSPS) is 10.4. The standard InChI is InChI=1S/C13H13Cl2N3O2/c1-7-8(2)17-18-13(7)16-12(19)6-20-11-5-9(14)3-4-10(11)15/h3-5H,6H2,1-2H3,(H2,16,17,18,19). The summed E-state index contributed by atoms with van der Waals surface area (Å²) >= 11 is 11.8. The monoisotopic (exact) mass is 313 g/mol. The molecule has 1 aromatic carbocycles.